The third-order valence-corrected chi connectivity index (χ3v) is 3.72. The van der Waals surface area contributed by atoms with Gasteiger partial charge >= 0.3 is 0 Å². The van der Waals surface area contributed by atoms with E-state index in [-0.39, 0.29) is 11.9 Å². The predicted octanol–water partition coefficient (Wildman–Crippen LogP) is 3.25. The van der Waals surface area contributed by atoms with E-state index in [0.717, 1.165) is 5.56 Å². The highest BCUT2D eigenvalue weighted by Crippen LogP contribution is 2.19. The molecule has 1 atom stereocenters. The number of aryl methyl sites for hydroxylation is 2. The smallest absolute Gasteiger partial charge is 0.248 e. The SMILES string of the molecule is Cc1ccc(C(C)NCc2cccc(C(N)=O)c2)c(C)c1. The molecule has 0 fully saturated rings. The lowest BCUT2D eigenvalue weighted by Gasteiger charge is -2.17. The minimum atomic E-state index is -0.390. The summed E-state index contributed by atoms with van der Waals surface area (Å²) in [5.74, 6) is -0.390. The monoisotopic (exact) mass is 282 g/mol. The van der Waals surface area contributed by atoms with Gasteiger partial charge in [-0.05, 0) is 49.6 Å². The summed E-state index contributed by atoms with van der Waals surface area (Å²) in [6.45, 7) is 7.09. The van der Waals surface area contributed by atoms with Crippen molar-refractivity contribution in [2.75, 3.05) is 0 Å². The summed E-state index contributed by atoms with van der Waals surface area (Å²) in [6, 6.07) is 14.2. The first-order chi connectivity index (χ1) is 9.97. The molecule has 0 aromatic heterocycles. The number of nitrogens with two attached hydrogens (primary N) is 1. The van der Waals surface area contributed by atoms with Gasteiger partial charge in [-0.3, -0.25) is 4.79 Å². The van der Waals surface area contributed by atoms with Gasteiger partial charge in [0.1, 0.15) is 0 Å². The van der Waals surface area contributed by atoms with Crippen molar-refractivity contribution in [3.8, 4) is 0 Å². The molecule has 0 aliphatic carbocycles. The number of carbonyl (C=O) groups excluding carboxylic acids is 1. The second-order valence-electron chi connectivity index (χ2n) is 5.53. The first-order valence-electron chi connectivity index (χ1n) is 7.16. The molecule has 2 rings (SSSR count). The standard InChI is InChI=1S/C18H22N2O/c1-12-7-8-17(13(2)9-12)14(3)20-11-15-5-4-6-16(10-15)18(19)21/h4-10,14,20H,11H2,1-3H3,(H2,19,21). The first kappa shape index (κ1) is 15.3. The van der Waals surface area contributed by atoms with Crippen molar-refractivity contribution in [1.29, 1.82) is 0 Å². The average molecular weight is 282 g/mol. The number of nitrogens with one attached hydrogen (secondary N) is 1. The maximum Gasteiger partial charge on any atom is 0.248 e. The first-order valence-corrected chi connectivity index (χ1v) is 7.16. The van der Waals surface area contributed by atoms with Crippen LogP contribution in [0.4, 0.5) is 0 Å². The Morgan fingerprint density at radius 2 is 1.95 bits per heavy atom. The minimum absolute atomic E-state index is 0.253. The van der Waals surface area contributed by atoms with Gasteiger partial charge in [-0.25, -0.2) is 0 Å². The molecular weight excluding hydrogens is 260 g/mol. The summed E-state index contributed by atoms with van der Waals surface area (Å²) in [5, 5.41) is 3.49. The van der Waals surface area contributed by atoms with E-state index in [9.17, 15) is 4.79 Å². The lowest BCUT2D eigenvalue weighted by atomic mass is 10.00. The van der Waals surface area contributed by atoms with E-state index >= 15 is 0 Å². The molecule has 2 aromatic carbocycles. The quantitative estimate of drug-likeness (QED) is 0.884. The average Bonchev–Trinajstić information content (AvgIpc) is 2.45. The fourth-order valence-corrected chi connectivity index (χ4v) is 2.53. The van der Waals surface area contributed by atoms with Gasteiger partial charge in [0.05, 0.1) is 0 Å². The number of hydrogen-bond donors (Lipinski definition) is 2. The number of hydrogen-bond acceptors (Lipinski definition) is 2. The van der Waals surface area contributed by atoms with Crippen LogP contribution in [-0.4, -0.2) is 5.91 Å². The molecule has 0 aliphatic heterocycles. The van der Waals surface area contributed by atoms with Crippen molar-refractivity contribution in [2.24, 2.45) is 5.73 Å². The molecule has 2 aromatic rings. The Morgan fingerprint density at radius 1 is 1.19 bits per heavy atom. The lowest BCUT2D eigenvalue weighted by molar-refractivity contribution is 0.1000. The zero-order valence-corrected chi connectivity index (χ0v) is 12.8. The van der Waals surface area contributed by atoms with Crippen LogP contribution in [0.1, 0.15) is 45.6 Å². The number of carbonyl (C=O) groups is 1. The highest BCUT2D eigenvalue weighted by Gasteiger charge is 2.08. The number of primary amides is 1. The van der Waals surface area contributed by atoms with E-state index in [1.54, 1.807) is 6.07 Å². The van der Waals surface area contributed by atoms with Gasteiger partial charge in [0, 0.05) is 18.2 Å². The second-order valence-corrected chi connectivity index (χ2v) is 5.53. The van der Waals surface area contributed by atoms with Crippen molar-refractivity contribution in [2.45, 2.75) is 33.4 Å². The predicted molar refractivity (Wildman–Crippen MR) is 86.1 cm³/mol. The Morgan fingerprint density at radius 3 is 2.62 bits per heavy atom. The Labute approximate surface area is 126 Å². The molecule has 0 bridgehead atoms. The Kier molecular flexibility index (Phi) is 4.76. The molecule has 21 heavy (non-hydrogen) atoms. The molecule has 3 N–H and O–H groups in total. The zero-order valence-electron chi connectivity index (χ0n) is 12.8. The molecule has 0 heterocycles. The summed E-state index contributed by atoms with van der Waals surface area (Å²) in [4.78, 5) is 11.2. The van der Waals surface area contributed by atoms with Crippen LogP contribution in [0.15, 0.2) is 42.5 Å². The van der Waals surface area contributed by atoms with E-state index < -0.39 is 0 Å². The molecule has 0 radical (unpaired) electrons. The minimum Gasteiger partial charge on any atom is -0.366 e. The molecule has 0 saturated carbocycles. The molecule has 3 heteroatoms. The van der Waals surface area contributed by atoms with E-state index in [1.807, 2.05) is 18.2 Å². The molecule has 0 saturated heterocycles. The number of rotatable bonds is 5. The van der Waals surface area contributed by atoms with Crippen molar-refractivity contribution in [3.63, 3.8) is 0 Å². The van der Waals surface area contributed by atoms with Gasteiger partial charge in [-0.1, -0.05) is 35.9 Å². The van der Waals surface area contributed by atoms with Gasteiger partial charge in [0.15, 0.2) is 0 Å². The number of benzene rings is 2. The van der Waals surface area contributed by atoms with E-state index in [0.29, 0.717) is 12.1 Å². The maximum absolute atomic E-state index is 11.2. The normalized spacial score (nSPS) is 12.1. The lowest BCUT2D eigenvalue weighted by Crippen LogP contribution is -2.19. The summed E-state index contributed by atoms with van der Waals surface area (Å²) < 4.78 is 0. The summed E-state index contributed by atoms with van der Waals surface area (Å²) in [5.41, 5.74) is 10.8. The van der Waals surface area contributed by atoms with Gasteiger partial charge < -0.3 is 11.1 Å². The second kappa shape index (κ2) is 6.55. The van der Waals surface area contributed by atoms with Crippen LogP contribution in [0.2, 0.25) is 0 Å². The van der Waals surface area contributed by atoms with Crippen molar-refractivity contribution < 1.29 is 4.79 Å². The third-order valence-electron chi connectivity index (χ3n) is 3.72. The fraction of sp³-hybridized carbons (Fsp3) is 0.278. The van der Waals surface area contributed by atoms with Crippen molar-refractivity contribution >= 4 is 5.91 Å². The molecular formula is C18H22N2O. The molecule has 3 nitrogen and oxygen atoms in total. The third kappa shape index (κ3) is 3.92. The molecule has 0 spiro atoms. The molecule has 0 aliphatic rings. The van der Waals surface area contributed by atoms with Gasteiger partial charge in [0.25, 0.3) is 0 Å². The largest absolute Gasteiger partial charge is 0.366 e. The molecule has 1 amide bonds. The van der Waals surface area contributed by atoms with Crippen LogP contribution in [0.5, 0.6) is 0 Å². The van der Waals surface area contributed by atoms with Crippen LogP contribution < -0.4 is 11.1 Å². The molecule has 110 valence electrons. The van der Waals surface area contributed by atoms with Gasteiger partial charge in [-0.15, -0.1) is 0 Å². The fourth-order valence-electron chi connectivity index (χ4n) is 2.53. The van der Waals surface area contributed by atoms with E-state index in [2.05, 4.69) is 44.3 Å². The molecule has 1 unspecified atom stereocenters. The Bertz CT molecular complexity index is 649. The maximum atomic E-state index is 11.2. The number of amides is 1. The Balaban J connectivity index is 2.05. The summed E-state index contributed by atoms with van der Waals surface area (Å²) in [6.07, 6.45) is 0. The van der Waals surface area contributed by atoms with Crippen molar-refractivity contribution in [1.82, 2.24) is 5.32 Å². The Hall–Kier alpha value is -2.13. The zero-order chi connectivity index (χ0) is 15.4. The van der Waals surface area contributed by atoms with Crippen LogP contribution >= 0.6 is 0 Å². The highest BCUT2D eigenvalue weighted by atomic mass is 16.1. The topological polar surface area (TPSA) is 55.1 Å². The van der Waals surface area contributed by atoms with Gasteiger partial charge in [0.2, 0.25) is 5.91 Å². The van der Waals surface area contributed by atoms with E-state index in [1.165, 1.54) is 16.7 Å². The summed E-state index contributed by atoms with van der Waals surface area (Å²) >= 11 is 0. The van der Waals surface area contributed by atoms with Crippen LogP contribution in [0.3, 0.4) is 0 Å². The van der Waals surface area contributed by atoms with Crippen LogP contribution in [0, 0.1) is 13.8 Å². The van der Waals surface area contributed by atoms with E-state index in [4.69, 9.17) is 5.73 Å². The van der Waals surface area contributed by atoms with Crippen molar-refractivity contribution in [3.05, 3.63) is 70.3 Å². The van der Waals surface area contributed by atoms with Gasteiger partial charge in [-0.2, -0.15) is 0 Å². The van der Waals surface area contributed by atoms with Crippen LogP contribution in [-0.2, 0) is 6.54 Å². The highest BCUT2D eigenvalue weighted by molar-refractivity contribution is 5.92. The summed E-state index contributed by atoms with van der Waals surface area (Å²) in [7, 11) is 0. The van der Waals surface area contributed by atoms with Crippen LogP contribution in [0.25, 0.3) is 0 Å².